The highest BCUT2D eigenvalue weighted by molar-refractivity contribution is 5.77. The number of carbonyl (C=O) groups excluding carboxylic acids is 1. The topological polar surface area (TPSA) is 50.8 Å². The van der Waals surface area contributed by atoms with Crippen molar-refractivity contribution in [2.75, 3.05) is 39.4 Å². The van der Waals surface area contributed by atoms with Crippen LogP contribution in [0.2, 0.25) is 0 Å². The lowest BCUT2D eigenvalue weighted by Crippen LogP contribution is -2.59. The van der Waals surface area contributed by atoms with Crippen LogP contribution >= 0.6 is 0 Å². The zero-order valence-corrected chi connectivity index (χ0v) is 11.4. The van der Waals surface area contributed by atoms with Gasteiger partial charge in [0.1, 0.15) is 6.61 Å². The summed E-state index contributed by atoms with van der Waals surface area (Å²) in [4.78, 5) is 13.9. The maximum Gasteiger partial charge on any atom is 0.248 e. The molecule has 2 fully saturated rings. The molecule has 0 aromatic heterocycles. The summed E-state index contributed by atoms with van der Waals surface area (Å²) in [7, 11) is 0. The van der Waals surface area contributed by atoms with Crippen molar-refractivity contribution in [3.05, 3.63) is 0 Å². The summed E-state index contributed by atoms with van der Waals surface area (Å²) >= 11 is 0. The molecule has 0 radical (unpaired) electrons. The molecule has 0 spiro atoms. The van der Waals surface area contributed by atoms with E-state index in [0.29, 0.717) is 6.10 Å². The highest BCUT2D eigenvalue weighted by Crippen LogP contribution is 2.17. The lowest BCUT2D eigenvalue weighted by Gasteiger charge is -2.39. The largest absolute Gasteiger partial charge is 0.378 e. The van der Waals surface area contributed by atoms with Crippen LogP contribution in [0.1, 0.15) is 26.7 Å². The van der Waals surface area contributed by atoms with Crippen molar-refractivity contribution >= 4 is 5.91 Å². The molecule has 18 heavy (non-hydrogen) atoms. The minimum atomic E-state index is -0.140. The monoisotopic (exact) mass is 256 g/mol. The van der Waals surface area contributed by atoms with E-state index in [9.17, 15) is 4.79 Å². The zero-order valence-electron chi connectivity index (χ0n) is 11.4. The quantitative estimate of drug-likeness (QED) is 0.773. The van der Waals surface area contributed by atoms with Crippen molar-refractivity contribution in [1.29, 1.82) is 0 Å². The molecule has 0 aromatic rings. The molecular weight excluding hydrogens is 232 g/mol. The molecule has 2 aliphatic heterocycles. The number of rotatable bonds is 5. The van der Waals surface area contributed by atoms with Gasteiger partial charge in [0, 0.05) is 32.8 Å². The van der Waals surface area contributed by atoms with Gasteiger partial charge in [0.05, 0.1) is 11.7 Å². The number of carbonyl (C=O) groups is 1. The van der Waals surface area contributed by atoms with E-state index in [4.69, 9.17) is 9.47 Å². The Morgan fingerprint density at radius 2 is 2.06 bits per heavy atom. The number of ether oxygens (including phenoxy) is 2. The van der Waals surface area contributed by atoms with Crippen LogP contribution in [0.5, 0.6) is 0 Å². The Morgan fingerprint density at radius 1 is 1.39 bits per heavy atom. The number of likely N-dealkylation sites (tertiary alicyclic amines) is 1. The first kappa shape index (κ1) is 13.8. The van der Waals surface area contributed by atoms with Crippen molar-refractivity contribution in [2.24, 2.45) is 0 Å². The molecule has 0 bridgehead atoms. The van der Waals surface area contributed by atoms with Crippen molar-refractivity contribution in [1.82, 2.24) is 10.2 Å². The number of nitrogens with one attached hydrogen (secondary N) is 1. The summed E-state index contributed by atoms with van der Waals surface area (Å²) in [5, 5.41) is 3.16. The van der Waals surface area contributed by atoms with Gasteiger partial charge in [0.2, 0.25) is 5.91 Å². The molecule has 1 N–H and O–H groups in total. The van der Waals surface area contributed by atoms with Crippen LogP contribution in [0.3, 0.4) is 0 Å². The number of hydrogen-bond donors (Lipinski definition) is 1. The summed E-state index contributed by atoms with van der Waals surface area (Å²) in [6, 6.07) is 0. The molecule has 0 atom stereocenters. The Hall–Kier alpha value is -0.650. The average Bonchev–Trinajstić information content (AvgIpc) is 2.35. The van der Waals surface area contributed by atoms with Crippen LogP contribution in [-0.4, -0.2) is 61.9 Å². The maximum absolute atomic E-state index is 12.0. The molecule has 0 aliphatic carbocycles. The molecule has 2 heterocycles. The first-order chi connectivity index (χ1) is 8.63. The second kappa shape index (κ2) is 5.99. The standard InChI is InChI=1S/C13H24N2O3/c1-3-17-11-4-6-15(7-5-11)12(16)8-18-13(2)9-14-10-13/h11,14H,3-10H2,1-2H3. The maximum atomic E-state index is 12.0. The minimum Gasteiger partial charge on any atom is -0.378 e. The van der Waals surface area contributed by atoms with Gasteiger partial charge in [-0.1, -0.05) is 0 Å². The Labute approximate surface area is 109 Å². The molecule has 2 saturated heterocycles. The Kier molecular flexibility index (Phi) is 4.59. The third-order valence-corrected chi connectivity index (χ3v) is 3.74. The minimum absolute atomic E-state index is 0.109. The smallest absolute Gasteiger partial charge is 0.248 e. The van der Waals surface area contributed by atoms with Crippen LogP contribution < -0.4 is 5.32 Å². The number of nitrogens with zero attached hydrogens (tertiary/aromatic N) is 1. The molecule has 1 amide bonds. The Balaban J connectivity index is 1.67. The van der Waals surface area contributed by atoms with Crippen LogP contribution in [0.15, 0.2) is 0 Å². The van der Waals surface area contributed by atoms with Crippen molar-refractivity contribution in [2.45, 2.75) is 38.4 Å². The molecule has 0 saturated carbocycles. The molecule has 2 aliphatic rings. The molecule has 0 aromatic carbocycles. The number of amides is 1. The Morgan fingerprint density at radius 3 is 2.56 bits per heavy atom. The summed E-state index contributed by atoms with van der Waals surface area (Å²) in [6.45, 7) is 8.28. The number of hydrogen-bond acceptors (Lipinski definition) is 4. The normalized spacial score (nSPS) is 23.8. The van der Waals surface area contributed by atoms with E-state index >= 15 is 0 Å². The summed E-state index contributed by atoms with van der Waals surface area (Å²) in [6.07, 6.45) is 2.21. The van der Waals surface area contributed by atoms with Gasteiger partial charge in [-0.25, -0.2) is 0 Å². The van der Waals surface area contributed by atoms with Gasteiger partial charge in [-0.05, 0) is 26.7 Å². The molecule has 104 valence electrons. The van der Waals surface area contributed by atoms with E-state index < -0.39 is 0 Å². The van der Waals surface area contributed by atoms with Crippen molar-refractivity contribution < 1.29 is 14.3 Å². The second-order valence-electron chi connectivity index (χ2n) is 5.38. The van der Waals surface area contributed by atoms with Crippen molar-refractivity contribution in [3.63, 3.8) is 0 Å². The predicted octanol–water partition coefficient (Wildman–Crippen LogP) is 0.392. The highest BCUT2D eigenvalue weighted by Gasteiger charge is 2.34. The fraction of sp³-hybridized carbons (Fsp3) is 0.923. The van der Waals surface area contributed by atoms with E-state index in [1.165, 1.54) is 0 Å². The SMILES string of the molecule is CCOC1CCN(C(=O)COC2(C)CNC2)CC1. The van der Waals surface area contributed by atoms with E-state index in [-0.39, 0.29) is 18.1 Å². The summed E-state index contributed by atoms with van der Waals surface area (Å²) < 4.78 is 11.2. The molecule has 5 nitrogen and oxygen atoms in total. The average molecular weight is 256 g/mol. The third kappa shape index (κ3) is 3.43. The van der Waals surface area contributed by atoms with Gasteiger partial charge in [-0.3, -0.25) is 4.79 Å². The predicted molar refractivity (Wildman–Crippen MR) is 68.5 cm³/mol. The molecule has 2 rings (SSSR count). The van der Waals surface area contributed by atoms with Gasteiger partial charge >= 0.3 is 0 Å². The molecule has 0 unspecified atom stereocenters. The summed E-state index contributed by atoms with van der Waals surface area (Å²) in [5.41, 5.74) is -0.140. The van der Waals surface area contributed by atoms with Gasteiger partial charge in [0.15, 0.2) is 0 Å². The molecular formula is C13H24N2O3. The van der Waals surface area contributed by atoms with Gasteiger partial charge in [0.25, 0.3) is 0 Å². The van der Waals surface area contributed by atoms with Gasteiger partial charge in [-0.2, -0.15) is 0 Å². The first-order valence-electron chi connectivity index (χ1n) is 6.87. The number of piperidine rings is 1. The van der Waals surface area contributed by atoms with Crippen LogP contribution in [0.4, 0.5) is 0 Å². The van der Waals surface area contributed by atoms with Gasteiger partial charge < -0.3 is 19.7 Å². The highest BCUT2D eigenvalue weighted by atomic mass is 16.5. The third-order valence-electron chi connectivity index (χ3n) is 3.74. The van der Waals surface area contributed by atoms with E-state index in [0.717, 1.165) is 45.6 Å². The zero-order chi connectivity index (χ0) is 13.0. The second-order valence-corrected chi connectivity index (χ2v) is 5.38. The lowest BCUT2D eigenvalue weighted by molar-refractivity contribution is -0.148. The molecule has 5 heteroatoms. The fourth-order valence-electron chi connectivity index (χ4n) is 2.41. The lowest BCUT2D eigenvalue weighted by atomic mass is 10.0. The Bertz CT molecular complexity index is 284. The van der Waals surface area contributed by atoms with E-state index in [1.54, 1.807) is 0 Å². The summed E-state index contributed by atoms with van der Waals surface area (Å²) in [5.74, 6) is 0.109. The van der Waals surface area contributed by atoms with Gasteiger partial charge in [-0.15, -0.1) is 0 Å². The fourth-order valence-corrected chi connectivity index (χ4v) is 2.41. The van der Waals surface area contributed by atoms with Crippen LogP contribution in [0, 0.1) is 0 Å². The van der Waals surface area contributed by atoms with E-state index in [1.807, 2.05) is 18.7 Å². The first-order valence-corrected chi connectivity index (χ1v) is 6.87. The van der Waals surface area contributed by atoms with E-state index in [2.05, 4.69) is 5.32 Å². The van der Waals surface area contributed by atoms with Crippen molar-refractivity contribution in [3.8, 4) is 0 Å². The van der Waals surface area contributed by atoms with Crippen LogP contribution in [0.25, 0.3) is 0 Å². The van der Waals surface area contributed by atoms with Crippen LogP contribution in [-0.2, 0) is 14.3 Å².